The van der Waals surface area contributed by atoms with Crippen LogP contribution in [0.1, 0.15) is 15.9 Å². The largest absolute Gasteiger partial charge is 0.506 e. The van der Waals surface area contributed by atoms with Crippen LogP contribution in [0.25, 0.3) is 0 Å². The fourth-order valence-electron chi connectivity index (χ4n) is 1.61. The van der Waals surface area contributed by atoms with Gasteiger partial charge in [0.05, 0.1) is 11.3 Å². The third-order valence-corrected chi connectivity index (χ3v) is 2.57. The zero-order chi connectivity index (χ0) is 14.0. The second-order valence-electron chi connectivity index (χ2n) is 4.10. The topological polar surface area (TPSA) is 49.3 Å². The van der Waals surface area contributed by atoms with E-state index in [1.54, 1.807) is 13.0 Å². The standard InChI is InChI=1S/C14H11F2NO2/c1-8-2-5-12(13(18)6-8)17-14(19)10-7-9(15)3-4-11(10)16/h2-7,18H,1H3,(H,17,19). The molecule has 2 N–H and O–H groups in total. The highest BCUT2D eigenvalue weighted by atomic mass is 19.1. The van der Waals surface area contributed by atoms with Crippen molar-refractivity contribution in [3.05, 3.63) is 59.2 Å². The molecule has 0 unspecified atom stereocenters. The molecule has 0 saturated carbocycles. The van der Waals surface area contributed by atoms with Crippen LogP contribution in [-0.4, -0.2) is 11.0 Å². The fraction of sp³-hybridized carbons (Fsp3) is 0.0714. The van der Waals surface area contributed by atoms with E-state index in [9.17, 15) is 18.7 Å². The van der Waals surface area contributed by atoms with Crippen molar-refractivity contribution in [2.45, 2.75) is 6.92 Å². The van der Waals surface area contributed by atoms with Gasteiger partial charge in [0.15, 0.2) is 0 Å². The van der Waals surface area contributed by atoms with Gasteiger partial charge in [0.2, 0.25) is 0 Å². The Bertz CT molecular complexity index is 641. The van der Waals surface area contributed by atoms with Crippen LogP contribution in [0.2, 0.25) is 0 Å². The number of carbonyl (C=O) groups excluding carboxylic acids is 1. The minimum absolute atomic E-state index is 0.134. The van der Waals surface area contributed by atoms with Gasteiger partial charge in [-0.1, -0.05) is 6.07 Å². The third kappa shape index (κ3) is 2.88. The van der Waals surface area contributed by atoms with Gasteiger partial charge >= 0.3 is 0 Å². The minimum Gasteiger partial charge on any atom is -0.506 e. The van der Waals surface area contributed by atoms with Crippen LogP contribution in [0, 0.1) is 18.6 Å². The van der Waals surface area contributed by atoms with Gasteiger partial charge in [0.25, 0.3) is 5.91 Å². The Balaban J connectivity index is 2.28. The molecule has 0 aliphatic carbocycles. The zero-order valence-corrected chi connectivity index (χ0v) is 10.1. The molecule has 0 bridgehead atoms. The lowest BCUT2D eigenvalue weighted by Gasteiger charge is -2.08. The van der Waals surface area contributed by atoms with Crippen LogP contribution in [0.5, 0.6) is 5.75 Å². The first-order valence-electron chi connectivity index (χ1n) is 5.53. The normalized spacial score (nSPS) is 10.3. The number of nitrogens with one attached hydrogen (secondary N) is 1. The van der Waals surface area contributed by atoms with E-state index in [0.29, 0.717) is 0 Å². The molecule has 1 amide bonds. The summed E-state index contributed by atoms with van der Waals surface area (Å²) in [7, 11) is 0. The molecule has 0 saturated heterocycles. The first-order valence-corrected chi connectivity index (χ1v) is 5.53. The number of phenols is 1. The molecule has 98 valence electrons. The highest BCUT2D eigenvalue weighted by Crippen LogP contribution is 2.24. The summed E-state index contributed by atoms with van der Waals surface area (Å²) in [4.78, 5) is 11.8. The summed E-state index contributed by atoms with van der Waals surface area (Å²) >= 11 is 0. The van der Waals surface area contributed by atoms with Crippen molar-refractivity contribution in [3.63, 3.8) is 0 Å². The van der Waals surface area contributed by atoms with Crippen LogP contribution in [0.3, 0.4) is 0 Å². The number of aromatic hydroxyl groups is 1. The Morgan fingerprint density at radius 2 is 1.89 bits per heavy atom. The van der Waals surface area contributed by atoms with Gasteiger partial charge in [-0.15, -0.1) is 0 Å². The van der Waals surface area contributed by atoms with Gasteiger partial charge in [-0.3, -0.25) is 4.79 Å². The second-order valence-corrected chi connectivity index (χ2v) is 4.10. The van der Waals surface area contributed by atoms with Gasteiger partial charge < -0.3 is 10.4 Å². The highest BCUT2D eigenvalue weighted by molar-refractivity contribution is 6.05. The molecule has 2 aromatic rings. The number of rotatable bonds is 2. The molecule has 0 radical (unpaired) electrons. The number of halogens is 2. The monoisotopic (exact) mass is 263 g/mol. The number of anilines is 1. The lowest BCUT2D eigenvalue weighted by atomic mass is 10.1. The van der Waals surface area contributed by atoms with Crippen molar-refractivity contribution in [1.82, 2.24) is 0 Å². The van der Waals surface area contributed by atoms with Gasteiger partial charge in [-0.2, -0.15) is 0 Å². The summed E-state index contributed by atoms with van der Waals surface area (Å²) in [6, 6.07) is 7.22. The van der Waals surface area contributed by atoms with Crippen LogP contribution in [0.15, 0.2) is 36.4 Å². The number of benzene rings is 2. The van der Waals surface area contributed by atoms with E-state index in [4.69, 9.17) is 0 Å². The Kier molecular flexibility index (Phi) is 3.46. The molecule has 19 heavy (non-hydrogen) atoms. The molecule has 0 aliphatic rings. The number of aryl methyl sites for hydroxylation is 1. The van der Waals surface area contributed by atoms with E-state index in [-0.39, 0.29) is 11.4 Å². The third-order valence-electron chi connectivity index (χ3n) is 2.57. The Morgan fingerprint density at radius 3 is 2.58 bits per heavy atom. The van der Waals surface area contributed by atoms with Crippen molar-refractivity contribution in [1.29, 1.82) is 0 Å². The first kappa shape index (κ1) is 13.0. The van der Waals surface area contributed by atoms with Crippen molar-refractivity contribution < 1.29 is 18.7 Å². The van der Waals surface area contributed by atoms with Gasteiger partial charge in [0.1, 0.15) is 17.4 Å². The average molecular weight is 263 g/mol. The summed E-state index contributed by atoms with van der Waals surface area (Å²) in [5.74, 6) is -2.49. The smallest absolute Gasteiger partial charge is 0.258 e. The van der Waals surface area contributed by atoms with Gasteiger partial charge in [0, 0.05) is 0 Å². The first-order chi connectivity index (χ1) is 8.97. The van der Waals surface area contributed by atoms with Crippen LogP contribution < -0.4 is 5.32 Å². The summed E-state index contributed by atoms with van der Waals surface area (Å²) in [6.07, 6.45) is 0. The number of amides is 1. The molecular formula is C14H11F2NO2. The zero-order valence-electron chi connectivity index (χ0n) is 10.1. The molecule has 0 spiro atoms. The van der Waals surface area contributed by atoms with E-state index >= 15 is 0 Å². The average Bonchev–Trinajstić information content (AvgIpc) is 2.35. The van der Waals surface area contributed by atoms with E-state index in [1.165, 1.54) is 12.1 Å². The molecule has 2 rings (SSSR count). The van der Waals surface area contributed by atoms with Crippen LogP contribution in [0.4, 0.5) is 14.5 Å². The Labute approximate surface area is 108 Å². The Morgan fingerprint density at radius 1 is 1.16 bits per heavy atom. The lowest BCUT2D eigenvalue weighted by molar-refractivity contribution is 0.102. The molecule has 3 nitrogen and oxygen atoms in total. The van der Waals surface area contributed by atoms with Crippen LogP contribution in [-0.2, 0) is 0 Å². The molecule has 0 atom stereocenters. The quantitative estimate of drug-likeness (QED) is 0.817. The number of hydrogen-bond acceptors (Lipinski definition) is 2. The minimum atomic E-state index is -0.828. The Hall–Kier alpha value is -2.43. The highest BCUT2D eigenvalue weighted by Gasteiger charge is 2.14. The van der Waals surface area contributed by atoms with E-state index in [1.807, 2.05) is 0 Å². The van der Waals surface area contributed by atoms with E-state index in [0.717, 1.165) is 23.8 Å². The van der Waals surface area contributed by atoms with Crippen molar-refractivity contribution in [2.75, 3.05) is 5.32 Å². The second kappa shape index (κ2) is 5.06. The maximum absolute atomic E-state index is 13.4. The molecular weight excluding hydrogens is 252 g/mol. The molecule has 2 aromatic carbocycles. The lowest BCUT2D eigenvalue weighted by Crippen LogP contribution is -2.14. The maximum Gasteiger partial charge on any atom is 0.258 e. The predicted molar refractivity (Wildman–Crippen MR) is 67.2 cm³/mol. The number of phenolic OH excluding ortho intramolecular Hbond substituents is 1. The van der Waals surface area contributed by atoms with Crippen molar-refractivity contribution in [2.24, 2.45) is 0 Å². The van der Waals surface area contributed by atoms with Gasteiger partial charge in [-0.05, 0) is 42.8 Å². The number of carbonyl (C=O) groups is 1. The maximum atomic E-state index is 13.4. The summed E-state index contributed by atoms with van der Waals surface area (Å²) < 4.78 is 26.4. The molecule has 5 heteroatoms. The molecule has 0 heterocycles. The fourth-order valence-corrected chi connectivity index (χ4v) is 1.61. The predicted octanol–water partition coefficient (Wildman–Crippen LogP) is 3.23. The van der Waals surface area contributed by atoms with Crippen molar-refractivity contribution in [3.8, 4) is 5.75 Å². The van der Waals surface area contributed by atoms with E-state index in [2.05, 4.69) is 5.32 Å². The molecule has 0 fully saturated rings. The number of hydrogen-bond donors (Lipinski definition) is 2. The van der Waals surface area contributed by atoms with E-state index < -0.39 is 23.1 Å². The summed E-state index contributed by atoms with van der Waals surface area (Å²) in [5, 5.41) is 12.0. The van der Waals surface area contributed by atoms with Gasteiger partial charge in [-0.25, -0.2) is 8.78 Å². The summed E-state index contributed by atoms with van der Waals surface area (Å²) in [5.41, 5.74) is 0.534. The molecule has 0 aliphatic heterocycles. The summed E-state index contributed by atoms with van der Waals surface area (Å²) in [6.45, 7) is 1.78. The van der Waals surface area contributed by atoms with Crippen molar-refractivity contribution >= 4 is 11.6 Å². The molecule has 0 aromatic heterocycles. The van der Waals surface area contributed by atoms with Crippen LogP contribution >= 0.6 is 0 Å². The SMILES string of the molecule is Cc1ccc(NC(=O)c2cc(F)ccc2F)c(O)c1.